The van der Waals surface area contributed by atoms with Gasteiger partial charge in [-0.15, -0.1) is 0 Å². The van der Waals surface area contributed by atoms with Crippen LogP contribution in [0.25, 0.3) is 0 Å². The number of carboxylic acids is 1. The van der Waals surface area contributed by atoms with E-state index in [0.29, 0.717) is 24.5 Å². The summed E-state index contributed by atoms with van der Waals surface area (Å²) in [6.45, 7) is 2.18. The van der Waals surface area contributed by atoms with E-state index in [9.17, 15) is 18.4 Å². The fourth-order valence-corrected chi connectivity index (χ4v) is 7.91. The summed E-state index contributed by atoms with van der Waals surface area (Å²) < 4.78 is 40.8. The van der Waals surface area contributed by atoms with Crippen molar-refractivity contribution in [1.29, 1.82) is 0 Å². The molecule has 6 atom stereocenters. The minimum atomic E-state index is -4.13. The van der Waals surface area contributed by atoms with Gasteiger partial charge in [0, 0.05) is 11.8 Å². The SMILES string of the molecule is CCC1(Oc2ccc(C(=O)OC(C3CCCCC3)C(F)(F)C(=O)O)cc2)CC2CC1C1CCCC21. The van der Waals surface area contributed by atoms with Gasteiger partial charge in [0.25, 0.3) is 0 Å². The van der Waals surface area contributed by atoms with Gasteiger partial charge >= 0.3 is 17.9 Å². The van der Waals surface area contributed by atoms with E-state index < -0.39 is 29.9 Å². The maximum atomic E-state index is 14.5. The lowest BCUT2D eigenvalue weighted by atomic mass is 9.71. The first kappa shape index (κ1) is 24.5. The molecule has 5 nitrogen and oxygen atoms in total. The molecule has 4 aliphatic rings. The van der Waals surface area contributed by atoms with Gasteiger partial charge in [0.2, 0.25) is 0 Å². The number of fused-ring (bicyclic) bond motifs is 5. The van der Waals surface area contributed by atoms with Crippen molar-refractivity contribution in [3.05, 3.63) is 29.8 Å². The molecule has 2 bridgehead atoms. The van der Waals surface area contributed by atoms with Crippen molar-refractivity contribution in [3.8, 4) is 5.75 Å². The van der Waals surface area contributed by atoms with E-state index >= 15 is 0 Å². The Balaban J connectivity index is 1.28. The number of carbonyl (C=O) groups excluding carboxylic acids is 1. The molecule has 0 radical (unpaired) electrons. The third kappa shape index (κ3) is 4.33. The van der Waals surface area contributed by atoms with Crippen molar-refractivity contribution < 1.29 is 33.0 Å². The third-order valence-electron chi connectivity index (χ3n) is 9.55. The molecule has 7 heteroatoms. The van der Waals surface area contributed by atoms with Crippen LogP contribution in [0.3, 0.4) is 0 Å². The second-order valence-electron chi connectivity index (χ2n) is 11.3. The average Bonchev–Trinajstić information content (AvgIpc) is 3.56. The molecule has 35 heavy (non-hydrogen) atoms. The minimum Gasteiger partial charge on any atom is -0.487 e. The summed E-state index contributed by atoms with van der Waals surface area (Å²) in [7, 11) is 0. The Morgan fingerprint density at radius 1 is 1.06 bits per heavy atom. The van der Waals surface area contributed by atoms with E-state index in [1.54, 1.807) is 12.1 Å². The number of esters is 1. The molecule has 6 unspecified atom stereocenters. The molecule has 1 aromatic carbocycles. The third-order valence-corrected chi connectivity index (χ3v) is 9.55. The normalized spacial score (nSPS) is 33.3. The summed E-state index contributed by atoms with van der Waals surface area (Å²) >= 11 is 0. The largest absolute Gasteiger partial charge is 0.487 e. The topological polar surface area (TPSA) is 72.8 Å². The van der Waals surface area contributed by atoms with Gasteiger partial charge in [-0.05, 0) is 87.0 Å². The lowest BCUT2D eigenvalue weighted by molar-refractivity contribution is -0.189. The first-order valence-corrected chi connectivity index (χ1v) is 13.4. The van der Waals surface area contributed by atoms with Gasteiger partial charge in [-0.2, -0.15) is 8.78 Å². The number of rotatable bonds is 8. The van der Waals surface area contributed by atoms with Gasteiger partial charge in [-0.3, -0.25) is 0 Å². The first-order chi connectivity index (χ1) is 16.7. The number of hydrogen-bond acceptors (Lipinski definition) is 4. The number of halogens is 2. The zero-order valence-electron chi connectivity index (χ0n) is 20.4. The molecule has 0 spiro atoms. The predicted molar refractivity (Wildman–Crippen MR) is 125 cm³/mol. The molecule has 1 N–H and O–H groups in total. The number of benzene rings is 1. The Hall–Kier alpha value is -2.18. The minimum absolute atomic E-state index is 0.119. The molecule has 0 heterocycles. The monoisotopic (exact) mass is 490 g/mol. The average molecular weight is 491 g/mol. The maximum Gasteiger partial charge on any atom is 0.378 e. The number of ether oxygens (including phenoxy) is 2. The summed E-state index contributed by atoms with van der Waals surface area (Å²) in [5.74, 6) is -4.37. The Bertz CT molecular complexity index is 941. The van der Waals surface area contributed by atoms with Crippen molar-refractivity contribution in [2.45, 2.75) is 95.2 Å². The van der Waals surface area contributed by atoms with Crippen molar-refractivity contribution in [1.82, 2.24) is 0 Å². The molecule has 0 aromatic heterocycles. The molecule has 0 saturated heterocycles. The van der Waals surface area contributed by atoms with Crippen LogP contribution in [-0.2, 0) is 9.53 Å². The highest BCUT2D eigenvalue weighted by atomic mass is 19.3. The van der Waals surface area contributed by atoms with Crippen LogP contribution < -0.4 is 4.74 Å². The van der Waals surface area contributed by atoms with Crippen LogP contribution in [0.15, 0.2) is 24.3 Å². The number of alkyl halides is 2. The molecule has 4 fully saturated rings. The van der Waals surface area contributed by atoms with Gasteiger partial charge in [0.15, 0.2) is 6.10 Å². The highest BCUT2D eigenvalue weighted by Gasteiger charge is 2.61. The van der Waals surface area contributed by atoms with Gasteiger partial charge < -0.3 is 14.6 Å². The molecular formula is C28H36F2O5. The van der Waals surface area contributed by atoms with Crippen molar-refractivity contribution in [2.75, 3.05) is 0 Å². The van der Waals surface area contributed by atoms with Gasteiger partial charge in [-0.1, -0.05) is 32.6 Å². The number of hydrogen-bond donors (Lipinski definition) is 1. The van der Waals surface area contributed by atoms with Crippen molar-refractivity contribution in [3.63, 3.8) is 0 Å². The highest BCUT2D eigenvalue weighted by Crippen LogP contribution is 2.64. The Labute approximate surface area is 205 Å². The summed E-state index contributed by atoms with van der Waals surface area (Å²) in [5.41, 5.74) is -0.0536. The van der Waals surface area contributed by atoms with Crippen LogP contribution in [-0.4, -0.2) is 34.7 Å². The van der Waals surface area contributed by atoms with Crippen LogP contribution in [0, 0.1) is 29.6 Å². The molecule has 192 valence electrons. The van der Waals surface area contributed by atoms with Crippen LogP contribution >= 0.6 is 0 Å². The summed E-state index contributed by atoms with van der Waals surface area (Å²) in [6, 6.07) is 6.47. The molecule has 1 aromatic rings. The summed E-state index contributed by atoms with van der Waals surface area (Å²) in [4.78, 5) is 24.0. The van der Waals surface area contributed by atoms with Crippen LogP contribution in [0.2, 0.25) is 0 Å². The number of carbonyl (C=O) groups is 2. The van der Waals surface area contributed by atoms with Gasteiger partial charge in [0.1, 0.15) is 11.4 Å². The zero-order chi connectivity index (χ0) is 24.8. The molecule has 0 amide bonds. The Morgan fingerprint density at radius 2 is 1.74 bits per heavy atom. The Kier molecular flexibility index (Phi) is 6.56. The highest BCUT2D eigenvalue weighted by molar-refractivity contribution is 5.90. The lowest BCUT2D eigenvalue weighted by Gasteiger charge is -2.42. The number of aliphatic carboxylic acids is 1. The van der Waals surface area contributed by atoms with E-state index in [1.165, 1.54) is 37.8 Å². The fraction of sp³-hybridized carbons (Fsp3) is 0.714. The number of carboxylic acid groups (broad SMARTS) is 1. The van der Waals surface area contributed by atoms with E-state index in [2.05, 4.69) is 6.92 Å². The van der Waals surface area contributed by atoms with Gasteiger partial charge in [0.05, 0.1) is 5.56 Å². The summed E-state index contributed by atoms with van der Waals surface area (Å²) in [5, 5.41) is 9.09. The van der Waals surface area contributed by atoms with Crippen molar-refractivity contribution >= 4 is 11.9 Å². The smallest absolute Gasteiger partial charge is 0.378 e. The van der Waals surface area contributed by atoms with E-state index in [-0.39, 0.29) is 11.2 Å². The standard InChI is InChI=1S/C28H36F2O5/c1-2-27(16-19-15-23(27)22-10-6-9-21(19)22)35-20-13-11-18(12-14-20)25(31)34-24(28(29,30)26(32)33)17-7-4-3-5-8-17/h11-14,17,19,21-24H,2-10,15-16H2,1H3,(H,32,33). The van der Waals surface area contributed by atoms with Crippen molar-refractivity contribution in [2.24, 2.45) is 29.6 Å². The molecule has 4 aliphatic carbocycles. The van der Waals surface area contributed by atoms with Crippen LogP contribution in [0.5, 0.6) is 5.75 Å². The van der Waals surface area contributed by atoms with E-state index in [4.69, 9.17) is 14.6 Å². The second kappa shape index (κ2) is 9.36. The molecular weight excluding hydrogens is 454 g/mol. The van der Waals surface area contributed by atoms with E-state index in [1.807, 2.05) is 0 Å². The van der Waals surface area contributed by atoms with Crippen LogP contribution in [0.4, 0.5) is 8.78 Å². The first-order valence-electron chi connectivity index (χ1n) is 13.4. The zero-order valence-corrected chi connectivity index (χ0v) is 20.4. The Morgan fingerprint density at radius 3 is 2.40 bits per heavy atom. The molecule has 5 rings (SSSR count). The van der Waals surface area contributed by atoms with Crippen LogP contribution in [0.1, 0.15) is 87.9 Å². The maximum absolute atomic E-state index is 14.5. The van der Waals surface area contributed by atoms with E-state index in [0.717, 1.165) is 49.9 Å². The molecule has 0 aliphatic heterocycles. The second-order valence-corrected chi connectivity index (χ2v) is 11.3. The fourth-order valence-electron chi connectivity index (χ4n) is 7.91. The molecule has 4 saturated carbocycles. The predicted octanol–water partition coefficient (Wildman–Crippen LogP) is 6.50. The quantitative estimate of drug-likeness (QED) is 0.421. The lowest BCUT2D eigenvalue weighted by Crippen LogP contribution is -2.48. The summed E-state index contributed by atoms with van der Waals surface area (Å²) in [6.07, 6.45) is 8.48. The van der Waals surface area contributed by atoms with Gasteiger partial charge in [-0.25, -0.2) is 9.59 Å².